The molecule has 1 rings (SSSR count). The second-order valence-corrected chi connectivity index (χ2v) is 4.36. The summed E-state index contributed by atoms with van der Waals surface area (Å²) in [6.07, 6.45) is 0. The van der Waals surface area contributed by atoms with Gasteiger partial charge in [-0.3, -0.25) is 4.90 Å². The first-order valence-corrected chi connectivity index (χ1v) is 6.01. The highest BCUT2D eigenvalue weighted by molar-refractivity contribution is 5.87. The Morgan fingerprint density at radius 1 is 1.56 bits per heavy atom. The van der Waals surface area contributed by atoms with E-state index in [4.69, 9.17) is 10.4 Å². The Balaban J connectivity index is 2.73. The fourth-order valence-electron chi connectivity index (χ4n) is 1.79. The Bertz CT molecular complexity index is 451. The molecule has 0 radical (unpaired) electrons. The smallest absolute Gasteiger partial charge is 0.335 e. The Labute approximate surface area is 107 Å². The molecule has 0 saturated heterocycles. The third kappa shape index (κ3) is 4.19. The topological polar surface area (TPSA) is 64.3 Å². The van der Waals surface area contributed by atoms with Crippen LogP contribution >= 0.6 is 0 Å². The molecule has 0 aliphatic carbocycles. The highest BCUT2D eigenvalue weighted by Gasteiger charge is 2.10. The quantitative estimate of drug-likeness (QED) is 0.837. The molecule has 96 valence electrons. The van der Waals surface area contributed by atoms with Gasteiger partial charge in [-0.25, -0.2) is 4.79 Å². The number of hydrogen-bond acceptors (Lipinski definition) is 3. The van der Waals surface area contributed by atoms with Crippen LogP contribution in [0.3, 0.4) is 0 Å². The minimum absolute atomic E-state index is 0.0207. The van der Waals surface area contributed by atoms with Crippen LogP contribution in [-0.4, -0.2) is 29.1 Å². The number of nitriles is 1. The number of hydrogen-bond donors (Lipinski definition) is 1. The highest BCUT2D eigenvalue weighted by atomic mass is 16.4. The zero-order valence-electron chi connectivity index (χ0n) is 10.8. The van der Waals surface area contributed by atoms with E-state index in [0.717, 1.165) is 12.1 Å². The molecular formula is C14H18N2O2. The normalized spacial score (nSPS) is 12.1. The molecule has 0 aliphatic heterocycles. The summed E-state index contributed by atoms with van der Waals surface area (Å²) < 4.78 is 0. The summed E-state index contributed by atoms with van der Waals surface area (Å²) in [6, 6.07) is 9.13. The van der Waals surface area contributed by atoms with Crippen molar-refractivity contribution in [3.63, 3.8) is 0 Å². The van der Waals surface area contributed by atoms with Gasteiger partial charge in [0.1, 0.15) is 0 Å². The SMILES string of the molecule is CCN(Cc1cccc(C(=O)O)c1)CC(C)C#N. The maximum atomic E-state index is 10.9. The largest absolute Gasteiger partial charge is 0.478 e. The zero-order chi connectivity index (χ0) is 13.5. The lowest BCUT2D eigenvalue weighted by atomic mass is 10.1. The summed E-state index contributed by atoms with van der Waals surface area (Å²) >= 11 is 0. The Hall–Kier alpha value is -1.86. The third-order valence-electron chi connectivity index (χ3n) is 2.78. The first-order chi connectivity index (χ1) is 8.56. The van der Waals surface area contributed by atoms with Gasteiger partial charge in [0.05, 0.1) is 17.6 Å². The monoisotopic (exact) mass is 246 g/mol. The minimum atomic E-state index is -0.912. The molecule has 1 aromatic carbocycles. The van der Waals surface area contributed by atoms with Crippen LogP contribution in [0.25, 0.3) is 0 Å². The Morgan fingerprint density at radius 2 is 2.28 bits per heavy atom. The van der Waals surface area contributed by atoms with Gasteiger partial charge in [-0.1, -0.05) is 19.1 Å². The van der Waals surface area contributed by atoms with Crippen molar-refractivity contribution < 1.29 is 9.90 Å². The van der Waals surface area contributed by atoms with Gasteiger partial charge < -0.3 is 5.11 Å². The average Bonchev–Trinajstić information content (AvgIpc) is 2.38. The predicted octanol–water partition coefficient (Wildman–Crippen LogP) is 2.37. The van der Waals surface area contributed by atoms with Gasteiger partial charge in [0.15, 0.2) is 0 Å². The number of carbonyl (C=O) groups is 1. The molecule has 18 heavy (non-hydrogen) atoms. The van der Waals surface area contributed by atoms with Crippen LogP contribution in [0.15, 0.2) is 24.3 Å². The molecule has 4 nitrogen and oxygen atoms in total. The van der Waals surface area contributed by atoms with E-state index in [1.54, 1.807) is 18.2 Å². The number of carboxylic acid groups (broad SMARTS) is 1. The van der Waals surface area contributed by atoms with E-state index in [9.17, 15) is 4.79 Å². The lowest BCUT2D eigenvalue weighted by molar-refractivity contribution is 0.0696. The predicted molar refractivity (Wildman–Crippen MR) is 69.1 cm³/mol. The van der Waals surface area contributed by atoms with Crippen LogP contribution in [0.1, 0.15) is 29.8 Å². The lowest BCUT2D eigenvalue weighted by Crippen LogP contribution is -2.27. The van der Waals surface area contributed by atoms with E-state index in [1.807, 2.05) is 19.9 Å². The highest BCUT2D eigenvalue weighted by Crippen LogP contribution is 2.10. The van der Waals surface area contributed by atoms with Crippen molar-refractivity contribution in [2.24, 2.45) is 5.92 Å². The standard InChI is InChI=1S/C14H18N2O2/c1-3-16(9-11(2)8-15)10-12-5-4-6-13(7-12)14(17)18/h4-7,11H,3,9-10H2,1-2H3,(H,17,18). The average molecular weight is 246 g/mol. The van der Waals surface area contributed by atoms with Gasteiger partial charge in [-0.15, -0.1) is 0 Å². The first-order valence-electron chi connectivity index (χ1n) is 6.01. The van der Waals surface area contributed by atoms with Crippen molar-refractivity contribution in [3.8, 4) is 6.07 Å². The van der Waals surface area contributed by atoms with Gasteiger partial charge in [0, 0.05) is 13.1 Å². The summed E-state index contributed by atoms with van der Waals surface area (Å²) in [7, 11) is 0. The van der Waals surface area contributed by atoms with E-state index in [2.05, 4.69) is 11.0 Å². The molecule has 0 aromatic heterocycles. The van der Waals surface area contributed by atoms with Crippen molar-refractivity contribution in [1.29, 1.82) is 5.26 Å². The summed E-state index contributed by atoms with van der Waals surface area (Å²) in [5, 5.41) is 17.7. The van der Waals surface area contributed by atoms with Gasteiger partial charge >= 0.3 is 5.97 Å². The van der Waals surface area contributed by atoms with Crippen LogP contribution in [0, 0.1) is 17.2 Å². The lowest BCUT2D eigenvalue weighted by Gasteiger charge is -2.21. The fourth-order valence-corrected chi connectivity index (χ4v) is 1.79. The molecular weight excluding hydrogens is 228 g/mol. The molecule has 0 aliphatic rings. The molecule has 1 atom stereocenters. The van der Waals surface area contributed by atoms with Crippen molar-refractivity contribution in [2.45, 2.75) is 20.4 Å². The molecule has 0 spiro atoms. The van der Waals surface area contributed by atoms with Crippen molar-refractivity contribution in [3.05, 3.63) is 35.4 Å². The first kappa shape index (κ1) is 14.2. The zero-order valence-corrected chi connectivity index (χ0v) is 10.8. The van der Waals surface area contributed by atoms with Crippen LogP contribution in [0.5, 0.6) is 0 Å². The second-order valence-electron chi connectivity index (χ2n) is 4.36. The summed E-state index contributed by atoms with van der Waals surface area (Å²) in [5.41, 5.74) is 1.26. The van der Waals surface area contributed by atoms with Crippen LogP contribution in [-0.2, 0) is 6.54 Å². The van der Waals surface area contributed by atoms with Gasteiger partial charge in [-0.2, -0.15) is 5.26 Å². The van der Waals surface area contributed by atoms with Crippen LogP contribution in [0.2, 0.25) is 0 Å². The number of benzene rings is 1. The Kier molecular flexibility index (Phi) is 5.34. The summed E-state index contributed by atoms with van der Waals surface area (Å²) in [4.78, 5) is 13.0. The molecule has 0 amide bonds. The van der Waals surface area contributed by atoms with Crippen molar-refractivity contribution in [1.82, 2.24) is 4.90 Å². The second kappa shape index (κ2) is 6.77. The van der Waals surface area contributed by atoms with Crippen LogP contribution < -0.4 is 0 Å². The number of nitrogens with zero attached hydrogens (tertiary/aromatic N) is 2. The molecule has 0 fully saturated rings. The summed E-state index contributed by atoms with van der Waals surface area (Å²) in [5.74, 6) is -0.933. The Morgan fingerprint density at radius 3 is 2.83 bits per heavy atom. The molecule has 0 heterocycles. The third-order valence-corrected chi connectivity index (χ3v) is 2.78. The molecule has 4 heteroatoms. The minimum Gasteiger partial charge on any atom is -0.478 e. The van der Waals surface area contributed by atoms with Crippen LogP contribution in [0.4, 0.5) is 0 Å². The van der Waals surface area contributed by atoms with Gasteiger partial charge in [0.25, 0.3) is 0 Å². The molecule has 1 N–H and O–H groups in total. The number of rotatable bonds is 6. The van der Waals surface area contributed by atoms with Crippen molar-refractivity contribution in [2.75, 3.05) is 13.1 Å². The summed E-state index contributed by atoms with van der Waals surface area (Å²) in [6.45, 7) is 6.12. The van der Waals surface area contributed by atoms with E-state index in [-0.39, 0.29) is 5.92 Å². The number of carboxylic acids is 1. The van der Waals surface area contributed by atoms with E-state index in [1.165, 1.54) is 0 Å². The van der Waals surface area contributed by atoms with Gasteiger partial charge in [0.2, 0.25) is 0 Å². The molecule has 1 aromatic rings. The van der Waals surface area contributed by atoms with E-state index < -0.39 is 5.97 Å². The van der Waals surface area contributed by atoms with E-state index in [0.29, 0.717) is 18.7 Å². The number of aromatic carboxylic acids is 1. The van der Waals surface area contributed by atoms with E-state index >= 15 is 0 Å². The molecule has 0 bridgehead atoms. The fraction of sp³-hybridized carbons (Fsp3) is 0.429. The molecule has 1 unspecified atom stereocenters. The maximum absolute atomic E-state index is 10.9. The van der Waals surface area contributed by atoms with Gasteiger partial charge in [-0.05, 0) is 31.2 Å². The molecule has 0 saturated carbocycles. The van der Waals surface area contributed by atoms with Crippen molar-refractivity contribution >= 4 is 5.97 Å². The maximum Gasteiger partial charge on any atom is 0.335 e.